The zero-order valence-corrected chi connectivity index (χ0v) is 14.3. The highest BCUT2D eigenvalue weighted by Gasteiger charge is 2.57. The van der Waals surface area contributed by atoms with Crippen molar-refractivity contribution < 1.29 is 14.2 Å². The summed E-state index contributed by atoms with van der Waals surface area (Å²) in [5.74, 6) is 4.50. The molecular weight excluding hydrogens is 369 g/mol. The maximum absolute atomic E-state index is 12.6. The number of anilines is 1. The predicted molar refractivity (Wildman–Crippen MR) is 92.3 cm³/mol. The molecule has 0 bridgehead atoms. The molecule has 5 atom stereocenters. The number of halogens is 2. The van der Waals surface area contributed by atoms with Gasteiger partial charge in [-0.05, 0) is 13.0 Å². The number of nitrogens with two attached hydrogens (primary N) is 1. The summed E-state index contributed by atoms with van der Waals surface area (Å²) in [6.07, 6.45) is -2.24. The lowest BCUT2D eigenvalue weighted by molar-refractivity contribution is -0.0271. The van der Waals surface area contributed by atoms with Gasteiger partial charge in [0.1, 0.15) is 24.9 Å². The van der Waals surface area contributed by atoms with Gasteiger partial charge in [0.2, 0.25) is 5.95 Å². The van der Waals surface area contributed by atoms with Crippen molar-refractivity contribution in [2.24, 2.45) is 5.18 Å². The van der Waals surface area contributed by atoms with Crippen LogP contribution in [0.3, 0.4) is 0 Å². The van der Waals surface area contributed by atoms with Crippen LogP contribution < -0.4 is 11.3 Å². The first kappa shape index (κ1) is 18.3. The van der Waals surface area contributed by atoms with Gasteiger partial charge >= 0.3 is 0 Å². The average Bonchev–Trinajstić information content (AvgIpc) is 3.13. The van der Waals surface area contributed by atoms with Gasteiger partial charge in [-0.2, -0.15) is 9.89 Å². The van der Waals surface area contributed by atoms with Crippen molar-refractivity contribution in [2.45, 2.75) is 36.3 Å². The smallest absolute Gasteiger partial charge is 0.261 e. The maximum atomic E-state index is 12.6. The van der Waals surface area contributed by atoms with Crippen molar-refractivity contribution in [1.29, 1.82) is 0 Å². The average molecular weight is 384 g/mol. The van der Waals surface area contributed by atoms with Crippen LogP contribution in [0.1, 0.15) is 13.2 Å². The number of aromatic amines is 1. The van der Waals surface area contributed by atoms with Crippen molar-refractivity contribution in [2.75, 3.05) is 12.4 Å². The molecule has 0 radical (unpaired) electrons. The van der Waals surface area contributed by atoms with E-state index in [1.54, 1.807) is 0 Å². The van der Waals surface area contributed by atoms with Crippen LogP contribution in [0.4, 0.5) is 10.3 Å². The molecule has 2 aromatic rings. The molecule has 1 aliphatic heterocycles. The minimum absolute atomic E-state index is 0.129. The minimum atomic E-state index is -1.79. The summed E-state index contributed by atoms with van der Waals surface area (Å²) in [5.41, 5.74) is 5.26. The van der Waals surface area contributed by atoms with Crippen LogP contribution >= 0.6 is 11.6 Å². The third-order valence-corrected chi connectivity index (χ3v) is 4.73. The second-order valence-electron chi connectivity index (χ2n) is 5.86. The molecule has 1 aliphatic rings. The van der Waals surface area contributed by atoms with Crippen molar-refractivity contribution in [3.05, 3.63) is 27.5 Å². The number of ether oxygens (including phenoxy) is 1. The summed E-state index contributed by atoms with van der Waals surface area (Å²) in [6, 6.07) is 0.522. The third-order valence-electron chi connectivity index (χ3n) is 4.23. The molecule has 0 saturated carbocycles. The van der Waals surface area contributed by atoms with Gasteiger partial charge in [-0.15, -0.1) is 0 Å². The number of aromatic nitrogens is 3. The molecule has 0 aliphatic carbocycles. The largest absolute Gasteiger partial charge is 0.387 e. The van der Waals surface area contributed by atoms with Crippen LogP contribution in [0.2, 0.25) is 0 Å². The number of hydrogen-bond donors (Lipinski definition) is 3. The van der Waals surface area contributed by atoms with Gasteiger partial charge in [-0.1, -0.05) is 28.6 Å². The van der Waals surface area contributed by atoms with Crippen LogP contribution in [0.25, 0.3) is 11.0 Å². The Hall–Kier alpha value is -2.48. The van der Waals surface area contributed by atoms with Crippen LogP contribution in [0.5, 0.6) is 0 Å². The molecule has 2 aromatic heterocycles. The fraction of sp³-hybridized carbons (Fsp3) is 0.467. The second-order valence-corrected chi connectivity index (χ2v) is 6.48. The summed E-state index contributed by atoms with van der Waals surface area (Å²) in [7, 11) is 0. The number of nitrogen functional groups attached to an aromatic ring is 1. The van der Waals surface area contributed by atoms with Gasteiger partial charge in [0.15, 0.2) is 16.7 Å². The molecule has 26 heavy (non-hydrogen) atoms. The van der Waals surface area contributed by atoms with Crippen LogP contribution in [0.15, 0.2) is 22.2 Å². The van der Waals surface area contributed by atoms with Gasteiger partial charge in [0.25, 0.3) is 5.56 Å². The quantitative estimate of drug-likeness (QED) is 0.405. The molecule has 1 saturated heterocycles. The molecule has 3 rings (SSSR count). The topological polar surface area (TPSA) is 136 Å². The van der Waals surface area contributed by atoms with E-state index in [-0.39, 0.29) is 17.0 Å². The number of hydrogen-bond acceptors (Lipinski definition) is 7. The Labute approximate surface area is 151 Å². The normalized spacial score (nSPS) is 29.3. The first-order valence-corrected chi connectivity index (χ1v) is 7.98. The highest BCUT2D eigenvalue weighted by molar-refractivity contribution is 6.27. The van der Waals surface area contributed by atoms with E-state index in [9.17, 15) is 19.2 Å². The Balaban J connectivity index is 2.18. The predicted octanol–water partition coefficient (Wildman–Crippen LogP) is 0.671. The van der Waals surface area contributed by atoms with E-state index in [0.717, 1.165) is 0 Å². The molecule has 1 unspecified atom stereocenters. The van der Waals surface area contributed by atoms with E-state index < -0.39 is 41.6 Å². The first-order chi connectivity index (χ1) is 12.3. The molecule has 0 spiro atoms. The molecule has 3 heterocycles. The van der Waals surface area contributed by atoms with Crippen LogP contribution in [-0.2, 0) is 4.74 Å². The van der Waals surface area contributed by atoms with E-state index in [0.29, 0.717) is 0 Å². The number of H-pyrrole nitrogens is 1. The van der Waals surface area contributed by atoms with Crippen molar-refractivity contribution in [3.8, 4) is 11.8 Å². The Bertz CT molecular complexity index is 966. The summed E-state index contributed by atoms with van der Waals surface area (Å²) >= 11 is 6.51. The van der Waals surface area contributed by atoms with Gasteiger partial charge in [-0.25, -0.2) is 4.39 Å². The number of nitrogens with zero attached hydrogens (tertiary/aromatic N) is 3. The monoisotopic (exact) mass is 383 g/mol. The van der Waals surface area contributed by atoms with Crippen LogP contribution in [0, 0.1) is 16.7 Å². The lowest BCUT2D eigenvalue weighted by Gasteiger charge is -2.26. The summed E-state index contributed by atoms with van der Waals surface area (Å²) in [4.78, 5) is 27.5. The molecule has 138 valence electrons. The molecular formula is C15H15ClFN5O4. The molecule has 4 N–H and O–H groups in total. The second kappa shape index (κ2) is 6.68. The Morgan fingerprint density at radius 1 is 1.69 bits per heavy atom. The van der Waals surface area contributed by atoms with Crippen molar-refractivity contribution in [3.63, 3.8) is 0 Å². The first-order valence-electron chi connectivity index (χ1n) is 7.60. The van der Waals surface area contributed by atoms with Gasteiger partial charge < -0.3 is 20.1 Å². The molecule has 1 fully saturated rings. The fourth-order valence-electron chi connectivity index (χ4n) is 2.97. The molecule has 0 amide bonds. The number of nitrogens with one attached hydrogen (secondary N) is 1. The van der Waals surface area contributed by atoms with E-state index in [4.69, 9.17) is 22.1 Å². The number of aliphatic hydroxyl groups is 1. The summed E-state index contributed by atoms with van der Waals surface area (Å²) < 4.78 is 19.7. The van der Waals surface area contributed by atoms with Crippen LogP contribution in [-0.4, -0.2) is 49.4 Å². The van der Waals surface area contributed by atoms with E-state index in [1.807, 2.05) is 0 Å². The number of aliphatic hydroxyl groups excluding tert-OH is 1. The third kappa shape index (κ3) is 2.74. The number of fused-ring (bicyclic) bond motifs is 1. The molecule has 0 aromatic carbocycles. The van der Waals surface area contributed by atoms with Crippen molar-refractivity contribution in [1.82, 2.24) is 14.5 Å². The molecule has 9 nitrogen and oxygen atoms in total. The van der Waals surface area contributed by atoms with E-state index >= 15 is 0 Å². The highest BCUT2D eigenvalue weighted by atomic mass is 35.5. The number of alkyl halides is 2. The lowest BCUT2D eigenvalue weighted by atomic mass is 9.96. The van der Waals surface area contributed by atoms with E-state index in [1.165, 1.54) is 23.8 Å². The number of nitroso groups, excluding NO2 is 1. The number of rotatable bonds is 3. The zero-order valence-electron chi connectivity index (χ0n) is 13.5. The maximum Gasteiger partial charge on any atom is 0.261 e. The van der Waals surface area contributed by atoms with Crippen molar-refractivity contribution >= 4 is 28.6 Å². The minimum Gasteiger partial charge on any atom is -0.387 e. The Kier molecular flexibility index (Phi) is 4.70. The fourth-order valence-corrected chi connectivity index (χ4v) is 3.31. The van der Waals surface area contributed by atoms with Gasteiger partial charge in [0.05, 0.1) is 5.39 Å². The lowest BCUT2D eigenvalue weighted by Crippen LogP contribution is -2.42. The van der Waals surface area contributed by atoms with Gasteiger partial charge in [-0.3, -0.25) is 9.78 Å². The SMILES string of the molecule is C[C@@H](N=O)[C@H]1O[C@@H](n2ccc3c(=O)[nH]c(N)nc32)[C@@](Cl)(C#CCF)C1O. The molecule has 11 heteroatoms. The Morgan fingerprint density at radius 2 is 2.42 bits per heavy atom. The van der Waals surface area contributed by atoms with Gasteiger partial charge in [0, 0.05) is 6.20 Å². The summed E-state index contributed by atoms with van der Waals surface area (Å²) in [6.45, 7) is 0.454. The Morgan fingerprint density at radius 3 is 3.08 bits per heavy atom. The standard InChI is InChI=1S/C15H15ClFN5O4/c1-7(21-25)9-10(23)15(16,4-2-5-17)13(26-9)22-6-3-8-11(22)19-14(18)20-12(8)24/h3,6-7,9-10,13,23H,5H2,1H3,(H3,18,19,20,24)/t7-,9-,10?,13-,15-/m1/s1. The zero-order chi connectivity index (χ0) is 19.1. The summed E-state index contributed by atoms with van der Waals surface area (Å²) in [5, 5.41) is 13.6. The highest BCUT2D eigenvalue weighted by Crippen LogP contribution is 2.45. The van der Waals surface area contributed by atoms with E-state index in [2.05, 4.69) is 27.0 Å².